The molecule has 72 valence electrons. The van der Waals surface area contributed by atoms with Gasteiger partial charge in [0, 0.05) is 0 Å². The molecule has 0 heterocycles. The average Bonchev–Trinajstić information content (AvgIpc) is 2.12. The molecule has 0 aliphatic carbocycles. The fourth-order valence-corrected chi connectivity index (χ4v) is 0.668. The number of aliphatic hydroxyl groups excluding tert-OH is 1. The molecule has 2 atom stereocenters. The van der Waals surface area contributed by atoms with Gasteiger partial charge in [-0.15, -0.1) is 0 Å². The molecule has 4 nitrogen and oxygen atoms in total. The van der Waals surface area contributed by atoms with Crippen molar-refractivity contribution in [3.05, 3.63) is 0 Å². The predicted octanol–water partition coefficient (Wildman–Crippen LogP) is 0.0378. The highest BCUT2D eigenvalue weighted by atomic mass is 16.6. The van der Waals surface area contributed by atoms with Gasteiger partial charge in [0.2, 0.25) is 0 Å². The number of carbonyl (C=O) groups is 1. The van der Waals surface area contributed by atoms with Crippen LogP contribution < -0.4 is 5.73 Å². The van der Waals surface area contributed by atoms with Gasteiger partial charge < -0.3 is 15.6 Å². The standard InChI is InChI=1S/C8H17NO3/c1-3-6(5-10)12-8(11)7(9)4-2/h6-7,10H,3-5,9H2,1-2H3. The third-order valence-corrected chi connectivity index (χ3v) is 1.68. The van der Waals surface area contributed by atoms with Crippen LogP contribution in [0, 0.1) is 0 Å². The van der Waals surface area contributed by atoms with E-state index in [4.69, 9.17) is 15.6 Å². The molecule has 4 heteroatoms. The molecule has 0 spiro atoms. The maximum absolute atomic E-state index is 11.0. The lowest BCUT2D eigenvalue weighted by molar-refractivity contribution is -0.152. The van der Waals surface area contributed by atoms with Crippen LogP contribution in [0.1, 0.15) is 26.7 Å². The summed E-state index contributed by atoms with van der Waals surface area (Å²) in [4.78, 5) is 11.0. The molecule has 0 aliphatic heterocycles. The van der Waals surface area contributed by atoms with Crippen molar-refractivity contribution in [2.24, 2.45) is 5.73 Å². The summed E-state index contributed by atoms with van der Waals surface area (Å²) in [6, 6.07) is -0.564. The van der Waals surface area contributed by atoms with Crippen molar-refractivity contribution in [2.75, 3.05) is 6.61 Å². The van der Waals surface area contributed by atoms with Crippen molar-refractivity contribution < 1.29 is 14.6 Å². The summed E-state index contributed by atoms with van der Waals surface area (Å²) in [6.07, 6.45) is 0.759. The summed E-state index contributed by atoms with van der Waals surface area (Å²) in [5.74, 6) is -0.432. The zero-order valence-electron chi connectivity index (χ0n) is 7.62. The van der Waals surface area contributed by atoms with Crippen LogP contribution in [-0.2, 0) is 9.53 Å². The summed E-state index contributed by atoms with van der Waals surface area (Å²) in [5.41, 5.74) is 5.42. The van der Waals surface area contributed by atoms with E-state index in [-0.39, 0.29) is 6.61 Å². The van der Waals surface area contributed by atoms with Crippen molar-refractivity contribution in [3.63, 3.8) is 0 Å². The first-order valence-electron chi connectivity index (χ1n) is 4.22. The maximum atomic E-state index is 11.0. The van der Waals surface area contributed by atoms with E-state index in [1.165, 1.54) is 0 Å². The zero-order chi connectivity index (χ0) is 9.56. The summed E-state index contributed by atoms with van der Waals surface area (Å²) in [7, 11) is 0. The van der Waals surface area contributed by atoms with Gasteiger partial charge >= 0.3 is 5.97 Å². The Hall–Kier alpha value is -0.610. The second kappa shape index (κ2) is 5.97. The van der Waals surface area contributed by atoms with Crippen molar-refractivity contribution in [1.29, 1.82) is 0 Å². The molecular formula is C8H17NO3. The molecule has 12 heavy (non-hydrogen) atoms. The fourth-order valence-electron chi connectivity index (χ4n) is 0.668. The summed E-state index contributed by atoms with van der Waals surface area (Å²) >= 11 is 0. The minimum Gasteiger partial charge on any atom is -0.459 e. The molecule has 0 amide bonds. The van der Waals surface area contributed by atoms with Crippen LogP contribution >= 0.6 is 0 Å². The molecule has 0 saturated heterocycles. The number of aliphatic hydroxyl groups is 1. The van der Waals surface area contributed by atoms with Crippen LogP contribution in [0.25, 0.3) is 0 Å². The molecular weight excluding hydrogens is 158 g/mol. The van der Waals surface area contributed by atoms with E-state index < -0.39 is 18.1 Å². The van der Waals surface area contributed by atoms with Crippen molar-refractivity contribution in [1.82, 2.24) is 0 Å². The van der Waals surface area contributed by atoms with Gasteiger partial charge in [-0.2, -0.15) is 0 Å². The lowest BCUT2D eigenvalue weighted by Crippen LogP contribution is -2.35. The van der Waals surface area contributed by atoms with Gasteiger partial charge in [0.15, 0.2) is 0 Å². The van der Waals surface area contributed by atoms with Gasteiger partial charge in [-0.3, -0.25) is 4.79 Å². The van der Waals surface area contributed by atoms with E-state index in [1.54, 1.807) is 0 Å². The lowest BCUT2D eigenvalue weighted by atomic mass is 10.2. The Morgan fingerprint density at radius 2 is 2.08 bits per heavy atom. The topological polar surface area (TPSA) is 72.5 Å². The highest BCUT2D eigenvalue weighted by Crippen LogP contribution is 2.00. The Labute approximate surface area is 72.7 Å². The molecule has 0 aromatic carbocycles. The Balaban J connectivity index is 3.81. The summed E-state index contributed by atoms with van der Waals surface area (Å²) < 4.78 is 4.89. The molecule has 0 bridgehead atoms. The first-order chi connectivity index (χ1) is 5.65. The van der Waals surface area contributed by atoms with Gasteiger partial charge in [0.1, 0.15) is 12.1 Å². The van der Waals surface area contributed by atoms with Gasteiger partial charge in [-0.05, 0) is 12.8 Å². The molecule has 0 fully saturated rings. The number of carbonyl (C=O) groups excluding carboxylic acids is 1. The minimum absolute atomic E-state index is 0.140. The van der Waals surface area contributed by atoms with Crippen LogP contribution in [0.4, 0.5) is 0 Å². The number of rotatable bonds is 5. The molecule has 0 aromatic heterocycles. The van der Waals surface area contributed by atoms with Gasteiger partial charge in [-0.1, -0.05) is 13.8 Å². The van der Waals surface area contributed by atoms with Crippen molar-refractivity contribution >= 4 is 5.97 Å². The minimum atomic E-state index is -0.564. The van der Waals surface area contributed by atoms with E-state index >= 15 is 0 Å². The van der Waals surface area contributed by atoms with Crippen LogP contribution in [0.2, 0.25) is 0 Å². The van der Waals surface area contributed by atoms with Gasteiger partial charge in [-0.25, -0.2) is 0 Å². The molecule has 0 radical (unpaired) electrons. The number of ether oxygens (including phenoxy) is 1. The van der Waals surface area contributed by atoms with Crippen LogP contribution in [-0.4, -0.2) is 29.8 Å². The van der Waals surface area contributed by atoms with E-state index in [1.807, 2.05) is 13.8 Å². The highest BCUT2D eigenvalue weighted by molar-refractivity contribution is 5.75. The van der Waals surface area contributed by atoms with E-state index in [2.05, 4.69) is 0 Å². The normalized spacial score (nSPS) is 15.3. The summed E-state index contributed by atoms with van der Waals surface area (Å²) in [6.45, 7) is 3.51. The molecule has 0 aliphatic rings. The molecule has 2 unspecified atom stereocenters. The molecule has 0 rings (SSSR count). The quantitative estimate of drug-likeness (QED) is 0.578. The monoisotopic (exact) mass is 175 g/mol. The molecule has 3 N–H and O–H groups in total. The Kier molecular flexibility index (Phi) is 5.66. The number of hydrogen-bond acceptors (Lipinski definition) is 4. The Morgan fingerprint density at radius 3 is 2.42 bits per heavy atom. The van der Waals surface area contributed by atoms with Crippen molar-refractivity contribution in [2.45, 2.75) is 38.8 Å². The second-order valence-electron chi connectivity index (χ2n) is 2.66. The Morgan fingerprint density at radius 1 is 1.50 bits per heavy atom. The molecule has 0 aromatic rings. The third kappa shape index (κ3) is 3.69. The number of hydrogen-bond donors (Lipinski definition) is 2. The van der Waals surface area contributed by atoms with E-state index in [0.29, 0.717) is 12.8 Å². The van der Waals surface area contributed by atoms with Crippen molar-refractivity contribution in [3.8, 4) is 0 Å². The lowest BCUT2D eigenvalue weighted by Gasteiger charge is -2.15. The number of nitrogens with two attached hydrogens (primary N) is 1. The first kappa shape index (κ1) is 11.4. The SMILES string of the molecule is CCC(CO)OC(=O)C(N)CC. The van der Waals surface area contributed by atoms with Gasteiger partial charge in [0.25, 0.3) is 0 Å². The van der Waals surface area contributed by atoms with E-state index in [9.17, 15) is 4.79 Å². The molecule has 0 saturated carbocycles. The van der Waals surface area contributed by atoms with Crippen LogP contribution in [0.5, 0.6) is 0 Å². The smallest absolute Gasteiger partial charge is 0.323 e. The predicted molar refractivity (Wildman–Crippen MR) is 45.5 cm³/mol. The first-order valence-corrected chi connectivity index (χ1v) is 4.22. The maximum Gasteiger partial charge on any atom is 0.323 e. The third-order valence-electron chi connectivity index (χ3n) is 1.68. The average molecular weight is 175 g/mol. The fraction of sp³-hybridized carbons (Fsp3) is 0.875. The van der Waals surface area contributed by atoms with Crippen LogP contribution in [0.3, 0.4) is 0 Å². The Bertz CT molecular complexity index is 134. The number of esters is 1. The summed E-state index contributed by atoms with van der Waals surface area (Å²) in [5, 5.41) is 8.71. The highest BCUT2D eigenvalue weighted by Gasteiger charge is 2.16. The van der Waals surface area contributed by atoms with Gasteiger partial charge in [0.05, 0.1) is 6.61 Å². The zero-order valence-corrected chi connectivity index (χ0v) is 7.62. The second-order valence-corrected chi connectivity index (χ2v) is 2.66. The van der Waals surface area contributed by atoms with Crippen LogP contribution in [0.15, 0.2) is 0 Å². The van der Waals surface area contributed by atoms with E-state index in [0.717, 1.165) is 0 Å². The largest absolute Gasteiger partial charge is 0.459 e.